The quantitative estimate of drug-likeness (QED) is 0.693. The number of benzene rings is 1. The van der Waals surface area contributed by atoms with Crippen molar-refractivity contribution in [2.75, 3.05) is 46.9 Å². The van der Waals surface area contributed by atoms with E-state index in [2.05, 4.69) is 36.9 Å². The van der Waals surface area contributed by atoms with Crippen LogP contribution in [0.2, 0.25) is 0 Å². The maximum absolute atomic E-state index is 9.01. The molecular weight excluding hydrogens is 250 g/mol. The lowest BCUT2D eigenvalue weighted by Crippen LogP contribution is -2.35. The third kappa shape index (κ3) is 6.05. The van der Waals surface area contributed by atoms with Crippen molar-refractivity contribution >= 4 is 0 Å². The Kier molecular flexibility index (Phi) is 7.71. The predicted octanol–water partition coefficient (Wildman–Crippen LogP) is 2.21. The van der Waals surface area contributed by atoms with Crippen LogP contribution in [-0.4, -0.2) is 56.7 Å². The fraction of sp³-hybridized carbons (Fsp3) is 0.562. The van der Waals surface area contributed by atoms with Crippen molar-refractivity contribution in [1.82, 2.24) is 9.80 Å². The molecule has 0 saturated carbocycles. The zero-order chi connectivity index (χ0) is 14.8. The molecule has 4 nitrogen and oxygen atoms in total. The number of hydrogen-bond donors (Lipinski definition) is 0. The normalized spacial score (nSPS) is 10.8. The molecule has 0 amide bonds. The molecule has 0 spiro atoms. The van der Waals surface area contributed by atoms with Gasteiger partial charge in [0.2, 0.25) is 0 Å². The summed E-state index contributed by atoms with van der Waals surface area (Å²) in [5.41, 5.74) is 0.600. The highest BCUT2D eigenvalue weighted by Crippen LogP contribution is 2.16. The number of ether oxygens (including phenoxy) is 1. The molecule has 0 aliphatic rings. The molecule has 110 valence electrons. The van der Waals surface area contributed by atoms with Crippen molar-refractivity contribution in [3.05, 3.63) is 29.8 Å². The van der Waals surface area contributed by atoms with Crippen LogP contribution in [0, 0.1) is 11.3 Å². The molecule has 0 N–H and O–H groups in total. The minimum absolute atomic E-state index is 0.600. The van der Waals surface area contributed by atoms with Crippen LogP contribution in [0.25, 0.3) is 0 Å². The number of para-hydroxylation sites is 1. The van der Waals surface area contributed by atoms with Crippen LogP contribution in [0.15, 0.2) is 24.3 Å². The maximum atomic E-state index is 9.01. The summed E-state index contributed by atoms with van der Waals surface area (Å²) < 4.78 is 5.73. The van der Waals surface area contributed by atoms with Gasteiger partial charge >= 0.3 is 0 Å². The van der Waals surface area contributed by atoms with Gasteiger partial charge in [0.15, 0.2) is 0 Å². The Bertz CT molecular complexity index is 426. The number of rotatable bonds is 9. The van der Waals surface area contributed by atoms with Gasteiger partial charge in [-0.2, -0.15) is 5.26 Å². The van der Waals surface area contributed by atoms with Crippen molar-refractivity contribution in [2.24, 2.45) is 0 Å². The average Bonchev–Trinajstić information content (AvgIpc) is 2.45. The largest absolute Gasteiger partial charge is 0.491 e. The summed E-state index contributed by atoms with van der Waals surface area (Å²) in [6, 6.07) is 9.53. The summed E-state index contributed by atoms with van der Waals surface area (Å²) in [4.78, 5) is 4.59. The predicted molar refractivity (Wildman–Crippen MR) is 81.9 cm³/mol. The Morgan fingerprint density at radius 2 is 1.85 bits per heavy atom. The minimum atomic E-state index is 0.600. The van der Waals surface area contributed by atoms with E-state index in [1.807, 2.05) is 18.2 Å². The molecule has 4 heteroatoms. The van der Waals surface area contributed by atoms with Gasteiger partial charge in [-0.25, -0.2) is 0 Å². The maximum Gasteiger partial charge on any atom is 0.137 e. The second-order valence-electron chi connectivity index (χ2n) is 5.10. The molecular formula is C16H25N3O. The molecule has 0 aliphatic heterocycles. The van der Waals surface area contributed by atoms with Crippen LogP contribution in [0.1, 0.15) is 18.9 Å². The monoisotopic (exact) mass is 275 g/mol. The molecule has 1 aromatic rings. The lowest BCUT2D eigenvalue weighted by Gasteiger charge is -2.23. The summed E-state index contributed by atoms with van der Waals surface area (Å²) in [7, 11) is 4.17. The second kappa shape index (κ2) is 9.35. The molecule has 0 aliphatic carbocycles. The van der Waals surface area contributed by atoms with Crippen LogP contribution in [-0.2, 0) is 0 Å². The molecule has 0 saturated heterocycles. The Morgan fingerprint density at radius 1 is 1.10 bits per heavy atom. The van der Waals surface area contributed by atoms with E-state index in [1.165, 1.54) is 0 Å². The first-order chi connectivity index (χ1) is 9.67. The summed E-state index contributed by atoms with van der Waals surface area (Å²) >= 11 is 0. The Balaban J connectivity index is 2.41. The summed E-state index contributed by atoms with van der Waals surface area (Å²) in [5.74, 6) is 0.680. The Labute approximate surface area is 122 Å². The smallest absolute Gasteiger partial charge is 0.137 e. The Morgan fingerprint density at radius 3 is 2.50 bits per heavy atom. The van der Waals surface area contributed by atoms with E-state index < -0.39 is 0 Å². The van der Waals surface area contributed by atoms with Gasteiger partial charge < -0.3 is 9.64 Å². The summed E-state index contributed by atoms with van der Waals surface area (Å²) in [6.07, 6.45) is 1.14. The van der Waals surface area contributed by atoms with Crippen molar-refractivity contribution in [1.29, 1.82) is 5.26 Å². The molecule has 0 heterocycles. The third-order valence-electron chi connectivity index (χ3n) is 3.08. The van der Waals surface area contributed by atoms with Crippen LogP contribution < -0.4 is 4.74 Å². The lowest BCUT2D eigenvalue weighted by atomic mass is 10.2. The van der Waals surface area contributed by atoms with E-state index in [1.54, 1.807) is 6.07 Å². The molecule has 0 bridgehead atoms. The number of likely N-dealkylation sites (N-methyl/N-ethyl adjacent to an activating group) is 1. The van der Waals surface area contributed by atoms with Crippen molar-refractivity contribution < 1.29 is 4.74 Å². The number of nitrogens with zero attached hydrogens (tertiary/aromatic N) is 3. The van der Waals surface area contributed by atoms with Gasteiger partial charge in [0.05, 0.1) is 5.56 Å². The zero-order valence-corrected chi connectivity index (χ0v) is 12.8. The summed E-state index contributed by atoms with van der Waals surface area (Å²) in [6.45, 7) is 6.87. The Hall–Kier alpha value is -1.57. The van der Waals surface area contributed by atoms with E-state index in [0.29, 0.717) is 17.9 Å². The first-order valence-electron chi connectivity index (χ1n) is 7.16. The highest BCUT2D eigenvalue weighted by atomic mass is 16.5. The van der Waals surface area contributed by atoms with E-state index >= 15 is 0 Å². The summed E-state index contributed by atoms with van der Waals surface area (Å²) in [5, 5.41) is 9.01. The highest BCUT2D eigenvalue weighted by molar-refractivity contribution is 5.42. The highest BCUT2D eigenvalue weighted by Gasteiger charge is 2.06. The standard InChI is InChI=1S/C16H25N3O/c1-4-9-19(11-10-18(2)3)12-13-20-16-8-6-5-7-15(16)14-17/h5-8H,4,9-13H2,1-3H3. The van der Waals surface area contributed by atoms with E-state index in [-0.39, 0.29) is 0 Å². The van der Waals surface area contributed by atoms with Crippen molar-refractivity contribution in [3.8, 4) is 11.8 Å². The molecule has 0 radical (unpaired) electrons. The van der Waals surface area contributed by atoms with Crippen molar-refractivity contribution in [2.45, 2.75) is 13.3 Å². The lowest BCUT2D eigenvalue weighted by molar-refractivity contribution is 0.194. The molecule has 1 aromatic carbocycles. The molecule has 0 aromatic heterocycles. The first-order valence-corrected chi connectivity index (χ1v) is 7.16. The third-order valence-corrected chi connectivity index (χ3v) is 3.08. The minimum Gasteiger partial charge on any atom is -0.491 e. The first kappa shape index (κ1) is 16.5. The molecule has 1 rings (SSSR count). The van der Waals surface area contributed by atoms with Gasteiger partial charge in [-0.05, 0) is 39.2 Å². The second-order valence-corrected chi connectivity index (χ2v) is 5.10. The molecule has 0 fully saturated rings. The molecule has 20 heavy (non-hydrogen) atoms. The van der Waals surface area contributed by atoms with Crippen LogP contribution in [0.5, 0.6) is 5.75 Å². The van der Waals surface area contributed by atoms with Gasteiger partial charge in [0.25, 0.3) is 0 Å². The van der Waals surface area contributed by atoms with Crippen LogP contribution in [0.3, 0.4) is 0 Å². The zero-order valence-electron chi connectivity index (χ0n) is 12.8. The fourth-order valence-corrected chi connectivity index (χ4v) is 1.96. The van der Waals surface area contributed by atoms with Gasteiger partial charge in [-0.15, -0.1) is 0 Å². The number of hydrogen-bond acceptors (Lipinski definition) is 4. The van der Waals surface area contributed by atoms with E-state index in [4.69, 9.17) is 10.00 Å². The topological polar surface area (TPSA) is 39.5 Å². The van der Waals surface area contributed by atoms with Gasteiger partial charge in [-0.3, -0.25) is 4.90 Å². The van der Waals surface area contributed by atoms with E-state index in [9.17, 15) is 0 Å². The van der Waals surface area contributed by atoms with Crippen molar-refractivity contribution in [3.63, 3.8) is 0 Å². The SMILES string of the molecule is CCCN(CCOc1ccccc1C#N)CCN(C)C. The van der Waals surface area contributed by atoms with Crippen LogP contribution >= 0.6 is 0 Å². The van der Waals surface area contributed by atoms with Gasteiger partial charge in [0.1, 0.15) is 18.4 Å². The molecule has 0 atom stereocenters. The van der Waals surface area contributed by atoms with Crippen LogP contribution in [0.4, 0.5) is 0 Å². The number of nitriles is 1. The van der Waals surface area contributed by atoms with Gasteiger partial charge in [-0.1, -0.05) is 19.1 Å². The fourth-order valence-electron chi connectivity index (χ4n) is 1.96. The van der Waals surface area contributed by atoms with Gasteiger partial charge in [0, 0.05) is 19.6 Å². The average molecular weight is 275 g/mol. The molecule has 0 unspecified atom stereocenters. The van der Waals surface area contributed by atoms with E-state index in [0.717, 1.165) is 32.6 Å².